The Bertz CT molecular complexity index is 511. The van der Waals surface area contributed by atoms with Crippen LogP contribution in [0.15, 0.2) is 6.20 Å². The van der Waals surface area contributed by atoms with E-state index in [1.165, 1.54) is 0 Å². The summed E-state index contributed by atoms with van der Waals surface area (Å²) >= 11 is 0. The third-order valence-corrected chi connectivity index (χ3v) is 2.76. The van der Waals surface area contributed by atoms with Gasteiger partial charge in [0.1, 0.15) is 12.4 Å². The van der Waals surface area contributed by atoms with Crippen LogP contribution in [-0.2, 0) is 20.1 Å². The van der Waals surface area contributed by atoms with Crippen molar-refractivity contribution < 1.29 is 0 Å². The zero-order valence-electron chi connectivity index (χ0n) is 11.3. The van der Waals surface area contributed by atoms with E-state index in [0.29, 0.717) is 12.6 Å². The first-order chi connectivity index (χ1) is 8.56. The van der Waals surface area contributed by atoms with E-state index in [9.17, 15) is 0 Å². The van der Waals surface area contributed by atoms with E-state index in [1.807, 2.05) is 24.7 Å². The lowest BCUT2D eigenvalue weighted by Gasteiger charge is -2.04. The third-order valence-electron chi connectivity index (χ3n) is 2.76. The van der Waals surface area contributed by atoms with Crippen LogP contribution in [0.25, 0.3) is 0 Å². The molecule has 0 saturated heterocycles. The van der Waals surface area contributed by atoms with Gasteiger partial charge in [-0.15, -0.1) is 15.3 Å². The molecule has 98 valence electrons. The molecule has 0 aliphatic carbocycles. The largest absolute Gasteiger partial charge is 0.317 e. The first-order valence-corrected chi connectivity index (χ1v) is 6.03. The summed E-state index contributed by atoms with van der Waals surface area (Å²) in [5, 5.41) is 19.6. The van der Waals surface area contributed by atoms with Crippen molar-refractivity contribution in [2.24, 2.45) is 7.05 Å². The molecule has 2 aromatic rings. The maximum absolute atomic E-state index is 4.11. The predicted molar refractivity (Wildman–Crippen MR) is 66.8 cm³/mol. The van der Waals surface area contributed by atoms with Crippen molar-refractivity contribution in [3.63, 3.8) is 0 Å². The van der Waals surface area contributed by atoms with Gasteiger partial charge in [-0.2, -0.15) is 0 Å². The summed E-state index contributed by atoms with van der Waals surface area (Å²) in [6.45, 7) is 7.46. The highest BCUT2D eigenvalue weighted by atomic mass is 15.4. The van der Waals surface area contributed by atoms with Crippen molar-refractivity contribution in [1.82, 2.24) is 35.1 Å². The Kier molecular flexibility index (Phi) is 3.71. The molecule has 0 aliphatic heterocycles. The van der Waals surface area contributed by atoms with Crippen LogP contribution in [0.3, 0.4) is 0 Å². The monoisotopic (exact) mass is 249 g/mol. The number of hydrogen-bond donors (Lipinski definition) is 1. The second-order valence-corrected chi connectivity index (χ2v) is 4.67. The topological polar surface area (TPSA) is 73.5 Å². The maximum Gasteiger partial charge on any atom is 0.154 e. The molecule has 1 N–H and O–H groups in total. The summed E-state index contributed by atoms with van der Waals surface area (Å²) in [6.07, 6.45) is 1.93. The molecule has 18 heavy (non-hydrogen) atoms. The second-order valence-electron chi connectivity index (χ2n) is 4.67. The SMILES string of the molecule is Cc1nnc(Cn2cc(CNC(C)C)nn2)n1C. The Morgan fingerprint density at radius 1 is 1.28 bits per heavy atom. The smallest absolute Gasteiger partial charge is 0.154 e. The van der Waals surface area contributed by atoms with Gasteiger partial charge in [0.05, 0.1) is 11.9 Å². The van der Waals surface area contributed by atoms with Crippen molar-refractivity contribution in [1.29, 1.82) is 0 Å². The van der Waals surface area contributed by atoms with Crippen LogP contribution in [0.2, 0.25) is 0 Å². The van der Waals surface area contributed by atoms with Crippen molar-refractivity contribution in [2.75, 3.05) is 0 Å². The van der Waals surface area contributed by atoms with E-state index >= 15 is 0 Å². The zero-order valence-corrected chi connectivity index (χ0v) is 11.3. The number of aryl methyl sites for hydroxylation is 1. The van der Waals surface area contributed by atoms with E-state index in [0.717, 1.165) is 23.9 Å². The molecule has 0 atom stereocenters. The van der Waals surface area contributed by atoms with Gasteiger partial charge in [0.15, 0.2) is 5.82 Å². The molecule has 0 amide bonds. The third kappa shape index (κ3) is 2.92. The van der Waals surface area contributed by atoms with E-state index in [-0.39, 0.29) is 0 Å². The number of rotatable bonds is 5. The predicted octanol–water partition coefficient (Wildman–Crippen LogP) is 0.261. The summed E-state index contributed by atoms with van der Waals surface area (Å²) in [5.74, 6) is 1.77. The van der Waals surface area contributed by atoms with Crippen molar-refractivity contribution in [3.8, 4) is 0 Å². The summed E-state index contributed by atoms with van der Waals surface area (Å²) in [6, 6.07) is 0.441. The molecule has 2 heterocycles. The molecule has 7 nitrogen and oxygen atoms in total. The van der Waals surface area contributed by atoms with Gasteiger partial charge in [-0.3, -0.25) is 0 Å². The lowest BCUT2D eigenvalue weighted by Crippen LogP contribution is -2.21. The van der Waals surface area contributed by atoms with Crippen molar-refractivity contribution >= 4 is 0 Å². The average molecular weight is 249 g/mol. The number of hydrogen-bond acceptors (Lipinski definition) is 5. The number of nitrogens with one attached hydrogen (secondary N) is 1. The minimum atomic E-state index is 0.441. The molecule has 2 rings (SSSR count). The standard InChI is InChI=1S/C11H19N7/c1-8(2)12-5-10-6-18(16-14-10)7-11-15-13-9(3)17(11)4/h6,8,12H,5,7H2,1-4H3. The van der Waals surface area contributed by atoms with E-state index in [1.54, 1.807) is 4.68 Å². The van der Waals surface area contributed by atoms with Gasteiger partial charge >= 0.3 is 0 Å². The fourth-order valence-electron chi connectivity index (χ4n) is 1.54. The van der Waals surface area contributed by atoms with Gasteiger partial charge in [0.2, 0.25) is 0 Å². The van der Waals surface area contributed by atoms with Crippen molar-refractivity contribution in [3.05, 3.63) is 23.5 Å². The fraction of sp³-hybridized carbons (Fsp3) is 0.636. The van der Waals surface area contributed by atoms with Gasteiger partial charge in [-0.25, -0.2) is 4.68 Å². The Balaban J connectivity index is 2.00. The summed E-state index contributed by atoms with van der Waals surface area (Å²) in [5.41, 5.74) is 0.933. The second kappa shape index (κ2) is 5.26. The average Bonchev–Trinajstić information content (AvgIpc) is 2.89. The van der Waals surface area contributed by atoms with Gasteiger partial charge < -0.3 is 9.88 Å². The molecular weight excluding hydrogens is 230 g/mol. The van der Waals surface area contributed by atoms with E-state index in [4.69, 9.17) is 0 Å². The lowest BCUT2D eigenvalue weighted by atomic mass is 10.3. The molecule has 0 aliphatic rings. The highest BCUT2D eigenvalue weighted by Gasteiger charge is 2.07. The quantitative estimate of drug-likeness (QED) is 0.823. The van der Waals surface area contributed by atoms with Crippen LogP contribution in [0.1, 0.15) is 31.2 Å². The van der Waals surface area contributed by atoms with Crippen LogP contribution in [0.5, 0.6) is 0 Å². The van der Waals surface area contributed by atoms with Crippen LogP contribution in [0, 0.1) is 6.92 Å². The fourth-order valence-corrected chi connectivity index (χ4v) is 1.54. The van der Waals surface area contributed by atoms with Gasteiger partial charge in [-0.1, -0.05) is 19.1 Å². The Labute approximate surface area is 106 Å². The van der Waals surface area contributed by atoms with Gasteiger partial charge in [-0.05, 0) is 6.92 Å². The van der Waals surface area contributed by atoms with Crippen LogP contribution < -0.4 is 5.32 Å². The molecule has 0 spiro atoms. The highest BCUT2D eigenvalue weighted by Crippen LogP contribution is 2.01. The maximum atomic E-state index is 4.11. The van der Waals surface area contributed by atoms with Gasteiger partial charge in [0, 0.05) is 19.6 Å². The molecule has 0 unspecified atom stereocenters. The summed E-state index contributed by atoms with van der Waals surface area (Å²) in [7, 11) is 1.95. The van der Waals surface area contributed by atoms with Crippen molar-refractivity contribution in [2.45, 2.75) is 39.9 Å². The molecule has 0 radical (unpaired) electrons. The molecule has 0 aromatic carbocycles. The normalized spacial score (nSPS) is 11.4. The minimum absolute atomic E-state index is 0.441. The van der Waals surface area contributed by atoms with Crippen LogP contribution in [0.4, 0.5) is 0 Å². The minimum Gasteiger partial charge on any atom is -0.317 e. The Hall–Kier alpha value is -1.76. The van der Waals surface area contributed by atoms with E-state index in [2.05, 4.69) is 39.7 Å². The molecule has 0 bridgehead atoms. The molecule has 2 aromatic heterocycles. The molecular formula is C11H19N7. The first-order valence-electron chi connectivity index (χ1n) is 6.03. The first kappa shape index (κ1) is 12.7. The molecule has 0 fully saturated rings. The zero-order chi connectivity index (χ0) is 13.1. The Morgan fingerprint density at radius 3 is 2.67 bits per heavy atom. The number of aromatic nitrogens is 6. The van der Waals surface area contributed by atoms with Gasteiger partial charge in [0.25, 0.3) is 0 Å². The highest BCUT2D eigenvalue weighted by molar-refractivity contribution is 4.96. The molecule has 0 saturated carbocycles. The lowest BCUT2D eigenvalue weighted by molar-refractivity contribution is 0.580. The molecule has 7 heteroatoms. The number of nitrogens with zero attached hydrogens (tertiary/aromatic N) is 6. The van der Waals surface area contributed by atoms with Crippen LogP contribution in [-0.4, -0.2) is 35.8 Å². The van der Waals surface area contributed by atoms with E-state index < -0.39 is 0 Å². The Morgan fingerprint density at radius 2 is 2.06 bits per heavy atom. The summed E-state index contributed by atoms with van der Waals surface area (Å²) < 4.78 is 3.73. The van der Waals surface area contributed by atoms with Crippen LogP contribution >= 0.6 is 0 Å². The summed E-state index contributed by atoms with van der Waals surface area (Å²) in [4.78, 5) is 0.